The maximum absolute atomic E-state index is 11.0. The summed E-state index contributed by atoms with van der Waals surface area (Å²) in [7, 11) is 1.29. The van der Waals surface area contributed by atoms with Gasteiger partial charge in [0.05, 0.1) is 7.11 Å². The van der Waals surface area contributed by atoms with Crippen LogP contribution in [0, 0.1) is 5.41 Å². The van der Waals surface area contributed by atoms with Crippen LogP contribution in [0.3, 0.4) is 0 Å². The van der Waals surface area contributed by atoms with Crippen LogP contribution in [-0.2, 0) is 9.53 Å². The minimum Gasteiger partial charge on any atom is -0.467 e. The Morgan fingerprint density at radius 1 is 1.54 bits per heavy atom. The number of carbonyl (C=O) groups is 1. The zero-order valence-corrected chi connectivity index (χ0v) is 8.96. The number of aliphatic hydroxyl groups excluding tert-OH is 1. The van der Waals surface area contributed by atoms with Crippen LogP contribution in [0.2, 0.25) is 0 Å². The number of hydrogen-bond acceptors (Lipinski definition) is 3. The highest BCUT2D eigenvalue weighted by atomic mass is 16.5. The van der Waals surface area contributed by atoms with E-state index in [4.69, 9.17) is 0 Å². The fraction of sp³-hybridized carbons (Fsp3) is 0.900. The number of methoxy groups -OCH3 is 1. The molecule has 78 valence electrons. The highest BCUT2D eigenvalue weighted by Gasteiger charge is 2.33. The number of esters is 1. The van der Waals surface area contributed by atoms with E-state index < -0.39 is 12.1 Å². The molecule has 0 radical (unpaired) electrons. The molecule has 0 spiro atoms. The van der Waals surface area contributed by atoms with E-state index in [2.05, 4.69) is 11.7 Å². The second-order valence-corrected chi connectivity index (χ2v) is 4.02. The van der Waals surface area contributed by atoms with Crippen LogP contribution < -0.4 is 0 Å². The molecule has 0 aromatic heterocycles. The van der Waals surface area contributed by atoms with Crippen molar-refractivity contribution >= 4 is 5.97 Å². The Balaban J connectivity index is 4.17. The third-order valence-electron chi connectivity index (χ3n) is 2.34. The van der Waals surface area contributed by atoms with Gasteiger partial charge in [-0.3, -0.25) is 0 Å². The van der Waals surface area contributed by atoms with Crippen molar-refractivity contribution in [2.24, 2.45) is 5.41 Å². The molecule has 1 atom stereocenters. The number of carbonyl (C=O) groups excluding carboxylic acids is 1. The molecule has 0 rings (SSSR count). The third-order valence-corrected chi connectivity index (χ3v) is 2.34. The molecule has 0 aromatic rings. The van der Waals surface area contributed by atoms with Gasteiger partial charge in [0, 0.05) is 5.41 Å². The fourth-order valence-corrected chi connectivity index (χ4v) is 1.20. The van der Waals surface area contributed by atoms with Crippen LogP contribution in [0.5, 0.6) is 0 Å². The monoisotopic (exact) mass is 188 g/mol. The first-order valence-electron chi connectivity index (χ1n) is 4.71. The number of ether oxygens (including phenoxy) is 1. The van der Waals surface area contributed by atoms with E-state index in [-0.39, 0.29) is 5.41 Å². The van der Waals surface area contributed by atoms with Crippen molar-refractivity contribution in [3.8, 4) is 0 Å². The molecule has 1 unspecified atom stereocenters. The van der Waals surface area contributed by atoms with Gasteiger partial charge in [0.1, 0.15) is 0 Å². The molecule has 3 heteroatoms. The highest BCUT2D eigenvalue weighted by Crippen LogP contribution is 2.28. The highest BCUT2D eigenvalue weighted by molar-refractivity contribution is 5.75. The average Bonchev–Trinajstić information content (AvgIpc) is 2.12. The van der Waals surface area contributed by atoms with E-state index in [9.17, 15) is 9.90 Å². The standard InChI is InChI=1S/C10H20O3/c1-5-6-7-10(2,3)8(11)9(12)13-4/h8,11H,5-7H2,1-4H3. The van der Waals surface area contributed by atoms with Crippen LogP contribution in [0.25, 0.3) is 0 Å². The van der Waals surface area contributed by atoms with Gasteiger partial charge in [-0.25, -0.2) is 4.79 Å². The van der Waals surface area contributed by atoms with E-state index in [1.54, 1.807) is 0 Å². The molecule has 0 bridgehead atoms. The molecule has 0 aliphatic heterocycles. The lowest BCUT2D eigenvalue weighted by molar-refractivity contribution is -0.157. The van der Waals surface area contributed by atoms with E-state index in [0.29, 0.717) is 0 Å². The topological polar surface area (TPSA) is 46.5 Å². The van der Waals surface area contributed by atoms with E-state index >= 15 is 0 Å². The summed E-state index contributed by atoms with van der Waals surface area (Å²) in [6.07, 6.45) is 1.90. The van der Waals surface area contributed by atoms with Crippen LogP contribution in [0.1, 0.15) is 40.0 Å². The van der Waals surface area contributed by atoms with Crippen molar-refractivity contribution in [1.29, 1.82) is 0 Å². The summed E-state index contributed by atoms with van der Waals surface area (Å²) in [6.45, 7) is 5.84. The second-order valence-electron chi connectivity index (χ2n) is 4.02. The predicted octanol–water partition coefficient (Wildman–Crippen LogP) is 1.74. The maximum atomic E-state index is 11.0. The zero-order chi connectivity index (χ0) is 10.5. The molecular weight excluding hydrogens is 168 g/mol. The lowest BCUT2D eigenvalue weighted by Gasteiger charge is -2.28. The summed E-state index contributed by atoms with van der Waals surface area (Å²) in [5.74, 6) is -0.541. The van der Waals surface area contributed by atoms with Crippen LogP contribution in [0.15, 0.2) is 0 Å². The molecule has 0 aliphatic rings. The number of unbranched alkanes of at least 4 members (excludes halogenated alkanes) is 1. The smallest absolute Gasteiger partial charge is 0.335 e. The minimum absolute atomic E-state index is 0.386. The summed E-state index contributed by atoms with van der Waals surface area (Å²) >= 11 is 0. The van der Waals surface area contributed by atoms with Gasteiger partial charge in [-0.15, -0.1) is 0 Å². The molecular formula is C10H20O3. The van der Waals surface area contributed by atoms with Crippen molar-refractivity contribution in [2.45, 2.75) is 46.1 Å². The summed E-state index contributed by atoms with van der Waals surface area (Å²) in [4.78, 5) is 11.0. The molecule has 13 heavy (non-hydrogen) atoms. The molecule has 0 aliphatic carbocycles. The van der Waals surface area contributed by atoms with Gasteiger partial charge in [-0.1, -0.05) is 33.6 Å². The van der Waals surface area contributed by atoms with Crippen molar-refractivity contribution in [2.75, 3.05) is 7.11 Å². The van der Waals surface area contributed by atoms with Crippen LogP contribution >= 0.6 is 0 Å². The summed E-state index contributed by atoms with van der Waals surface area (Å²) in [6, 6.07) is 0. The Hall–Kier alpha value is -0.570. The second kappa shape index (κ2) is 5.22. The van der Waals surface area contributed by atoms with Crippen LogP contribution in [-0.4, -0.2) is 24.3 Å². The lowest BCUT2D eigenvalue weighted by atomic mass is 9.81. The van der Waals surface area contributed by atoms with Gasteiger partial charge < -0.3 is 9.84 Å². The van der Waals surface area contributed by atoms with Crippen molar-refractivity contribution in [3.63, 3.8) is 0 Å². The Labute approximate surface area is 80.1 Å². The minimum atomic E-state index is -1.01. The van der Waals surface area contributed by atoms with Crippen molar-refractivity contribution in [1.82, 2.24) is 0 Å². The number of hydrogen-bond donors (Lipinski definition) is 1. The van der Waals surface area contributed by atoms with Gasteiger partial charge >= 0.3 is 5.97 Å². The summed E-state index contributed by atoms with van der Waals surface area (Å²) < 4.78 is 4.49. The Morgan fingerprint density at radius 2 is 2.08 bits per heavy atom. The van der Waals surface area contributed by atoms with Crippen molar-refractivity contribution < 1.29 is 14.6 Å². The van der Waals surface area contributed by atoms with Gasteiger partial charge in [0.15, 0.2) is 6.10 Å². The summed E-state index contributed by atoms with van der Waals surface area (Å²) in [5.41, 5.74) is -0.386. The van der Waals surface area contributed by atoms with E-state index in [0.717, 1.165) is 19.3 Å². The molecule has 0 amide bonds. The Kier molecular flexibility index (Phi) is 4.99. The molecule has 0 aromatic carbocycles. The zero-order valence-electron chi connectivity index (χ0n) is 8.96. The largest absolute Gasteiger partial charge is 0.467 e. The normalized spacial score (nSPS) is 13.9. The molecule has 3 nitrogen and oxygen atoms in total. The van der Waals surface area contributed by atoms with Crippen LogP contribution in [0.4, 0.5) is 0 Å². The maximum Gasteiger partial charge on any atom is 0.335 e. The molecule has 1 N–H and O–H groups in total. The molecule has 0 fully saturated rings. The quantitative estimate of drug-likeness (QED) is 0.668. The average molecular weight is 188 g/mol. The first kappa shape index (κ1) is 12.4. The lowest BCUT2D eigenvalue weighted by Crippen LogP contribution is -2.37. The van der Waals surface area contributed by atoms with Crippen molar-refractivity contribution in [3.05, 3.63) is 0 Å². The molecule has 0 heterocycles. The SMILES string of the molecule is CCCCC(C)(C)C(O)C(=O)OC. The van der Waals surface area contributed by atoms with Gasteiger partial charge in [-0.05, 0) is 6.42 Å². The van der Waals surface area contributed by atoms with E-state index in [1.165, 1.54) is 7.11 Å². The Morgan fingerprint density at radius 3 is 2.46 bits per heavy atom. The van der Waals surface area contributed by atoms with Gasteiger partial charge in [-0.2, -0.15) is 0 Å². The number of aliphatic hydroxyl groups is 1. The first-order valence-corrected chi connectivity index (χ1v) is 4.71. The summed E-state index contributed by atoms with van der Waals surface area (Å²) in [5, 5.41) is 9.60. The molecule has 0 saturated carbocycles. The first-order chi connectivity index (χ1) is 5.95. The van der Waals surface area contributed by atoms with E-state index in [1.807, 2.05) is 13.8 Å². The Bertz CT molecular complexity index is 164. The predicted molar refractivity (Wildman–Crippen MR) is 51.3 cm³/mol. The number of rotatable bonds is 5. The van der Waals surface area contributed by atoms with Gasteiger partial charge in [0.2, 0.25) is 0 Å². The third kappa shape index (κ3) is 3.77. The van der Waals surface area contributed by atoms with Gasteiger partial charge in [0.25, 0.3) is 0 Å². The molecule has 0 saturated heterocycles. The fourth-order valence-electron chi connectivity index (χ4n) is 1.20.